The molecule has 0 saturated carbocycles. The van der Waals surface area contributed by atoms with Gasteiger partial charge in [-0.1, -0.05) is 0 Å². The van der Waals surface area contributed by atoms with Gasteiger partial charge in [-0.15, -0.1) is 0 Å². The normalized spacial score (nSPS) is 24.3. The van der Waals surface area contributed by atoms with E-state index in [4.69, 9.17) is 0 Å². The van der Waals surface area contributed by atoms with Crippen LogP contribution < -0.4 is 5.32 Å². The predicted octanol–water partition coefficient (Wildman–Crippen LogP) is -0.104. The van der Waals surface area contributed by atoms with Crippen molar-refractivity contribution in [3.63, 3.8) is 0 Å². The minimum absolute atomic E-state index is 0.00152. The molecule has 0 aliphatic carbocycles. The molecule has 1 unspecified atom stereocenters. The van der Waals surface area contributed by atoms with E-state index in [1.54, 1.807) is 0 Å². The summed E-state index contributed by atoms with van der Waals surface area (Å²) in [4.78, 5) is 26.2. The molecule has 0 radical (unpaired) electrons. The molecular weight excluding hydrogens is 316 g/mol. The van der Waals surface area contributed by atoms with Gasteiger partial charge in [-0.2, -0.15) is 0 Å². The lowest BCUT2D eigenvalue weighted by Crippen LogP contribution is -2.57. The van der Waals surface area contributed by atoms with Crippen molar-refractivity contribution in [3.8, 4) is 0 Å². The lowest BCUT2D eigenvalue weighted by molar-refractivity contribution is -0.135. The van der Waals surface area contributed by atoms with Crippen molar-refractivity contribution in [2.45, 2.75) is 32.2 Å². The van der Waals surface area contributed by atoms with Crippen LogP contribution in [0, 0.1) is 0 Å². The van der Waals surface area contributed by atoms with Gasteiger partial charge in [-0.3, -0.25) is 14.7 Å². The Morgan fingerprint density at radius 1 is 0.960 bits per heavy atom. The molecular formula is C18H34N6O. The second-order valence-electron chi connectivity index (χ2n) is 7.40. The van der Waals surface area contributed by atoms with Crippen LogP contribution in [0.1, 0.15) is 26.2 Å². The number of rotatable bonds is 5. The SMILES string of the molecule is CN=C(NCCN1CCC1)N1CCN(C(C)C(=O)N2CCCC2)CC1. The molecule has 3 saturated heterocycles. The third kappa shape index (κ3) is 4.64. The Morgan fingerprint density at radius 3 is 2.20 bits per heavy atom. The highest BCUT2D eigenvalue weighted by Crippen LogP contribution is 2.14. The van der Waals surface area contributed by atoms with Crippen LogP contribution in [-0.4, -0.2) is 110 Å². The quantitative estimate of drug-likeness (QED) is 0.554. The molecule has 142 valence electrons. The standard InChI is InChI=1S/C18H34N6O/c1-16(17(25)23-9-3-4-10-23)22-12-14-24(15-13-22)18(19-2)20-6-11-21-7-5-8-21/h16H,3-15H2,1-2H3,(H,19,20). The molecule has 0 spiro atoms. The summed E-state index contributed by atoms with van der Waals surface area (Å²) in [7, 11) is 1.86. The Labute approximate surface area is 152 Å². The molecule has 3 aliphatic heterocycles. The van der Waals surface area contributed by atoms with Crippen LogP contribution in [0.4, 0.5) is 0 Å². The van der Waals surface area contributed by atoms with E-state index in [1.807, 2.05) is 11.9 Å². The highest BCUT2D eigenvalue weighted by atomic mass is 16.2. The van der Waals surface area contributed by atoms with Gasteiger partial charge < -0.3 is 20.0 Å². The first-order valence-electron chi connectivity index (χ1n) is 9.90. The minimum Gasteiger partial charge on any atom is -0.355 e. The van der Waals surface area contributed by atoms with Crippen molar-refractivity contribution in [1.29, 1.82) is 0 Å². The molecule has 0 aromatic heterocycles. The average Bonchev–Trinajstić information content (AvgIpc) is 3.14. The number of carbonyl (C=O) groups excluding carboxylic acids is 1. The smallest absolute Gasteiger partial charge is 0.239 e. The Balaban J connectivity index is 1.41. The van der Waals surface area contributed by atoms with E-state index in [-0.39, 0.29) is 6.04 Å². The van der Waals surface area contributed by atoms with Crippen molar-refractivity contribution in [3.05, 3.63) is 0 Å². The number of hydrogen-bond donors (Lipinski definition) is 1. The Kier molecular flexibility index (Phi) is 6.53. The molecule has 7 nitrogen and oxygen atoms in total. The molecule has 3 heterocycles. The van der Waals surface area contributed by atoms with Crippen molar-refractivity contribution < 1.29 is 4.79 Å². The molecule has 0 aromatic rings. The van der Waals surface area contributed by atoms with Gasteiger partial charge in [-0.05, 0) is 39.3 Å². The maximum Gasteiger partial charge on any atom is 0.239 e. The number of hydrogen-bond acceptors (Lipinski definition) is 4. The molecule has 7 heteroatoms. The highest BCUT2D eigenvalue weighted by molar-refractivity contribution is 5.82. The zero-order valence-electron chi connectivity index (χ0n) is 15.9. The summed E-state index contributed by atoms with van der Waals surface area (Å²) >= 11 is 0. The lowest BCUT2D eigenvalue weighted by atomic mass is 10.2. The Hall–Kier alpha value is -1.34. The minimum atomic E-state index is 0.00152. The number of carbonyl (C=O) groups is 1. The van der Waals surface area contributed by atoms with E-state index in [9.17, 15) is 4.79 Å². The maximum atomic E-state index is 12.6. The zero-order chi connectivity index (χ0) is 17.6. The summed E-state index contributed by atoms with van der Waals surface area (Å²) in [5.41, 5.74) is 0. The molecule has 1 amide bonds. The van der Waals surface area contributed by atoms with E-state index < -0.39 is 0 Å². The second kappa shape index (κ2) is 8.85. The van der Waals surface area contributed by atoms with Gasteiger partial charge in [0.25, 0.3) is 0 Å². The maximum absolute atomic E-state index is 12.6. The number of likely N-dealkylation sites (tertiary alicyclic amines) is 2. The van der Waals surface area contributed by atoms with Crippen molar-refractivity contribution in [2.24, 2.45) is 4.99 Å². The summed E-state index contributed by atoms with van der Waals surface area (Å²) in [5.74, 6) is 1.31. The molecule has 25 heavy (non-hydrogen) atoms. The Bertz CT molecular complexity index is 464. The van der Waals surface area contributed by atoms with Gasteiger partial charge in [-0.25, -0.2) is 0 Å². The average molecular weight is 351 g/mol. The second-order valence-corrected chi connectivity index (χ2v) is 7.40. The van der Waals surface area contributed by atoms with Crippen LogP contribution in [0.5, 0.6) is 0 Å². The number of guanidine groups is 1. The van der Waals surface area contributed by atoms with Gasteiger partial charge in [0.2, 0.25) is 5.91 Å². The van der Waals surface area contributed by atoms with E-state index >= 15 is 0 Å². The summed E-state index contributed by atoms with van der Waals surface area (Å²) in [6.45, 7) is 12.2. The number of nitrogens with one attached hydrogen (secondary N) is 1. The fourth-order valence-electron chi connectivity index (χ4n) is 3.94. The molecule has 3 fully saturated rings. The van der Waals surface area contributed by atoms with Crippen molar-refractivity contribution in [2.75, 3.05) is 72.5 Å². The van der Waals surface area contributed by atoms with Crippen LogP contribution >= 0.6 is 0 Å². The highest BCUT2D eigenvalue weighted by Gasteiger charge is 2.30. The summed E-state index contributed by atoms with van der Waals surface area (Å²) in [5, 5.41) is 3.49. The van der Waals surface area contributed by atoms with Crippen LogP contribution in [0.3, 0.4) is 0 Å². The van der Waals surface area contributed by atoms with E-state index in [0.717, 1.165) is 71.2 Å². The van der Waals surface area contributed by atoms with Crippen LogP contribution in [0.2, 0.25) is 0 Å². The third-order valence-electron chi connectivity index (χ3n) is 5.81. The molecule has 3 rings (SSSR count). The van der Waals surface area contributed by atoms with Crippen LogP contribution in [-0.2, 0) is 4.79 Å². The number of piperazine rings is 1. The summed E-state index contributed by atoms with van der Waals surface area (Å²) in [6, 6.07) is 0.00152. The van der Waals surface area contributed by atoms with E-state index in [1.165, 1.54) is 19.5 Å². The fraction of sp³-hybridized carbons (Fsp3) is 0.889. The van der Waals surface area contributed by atoms with Crippen LogP contribution in [0.15, 0.2) is 4.99 Å². The van der Waals surface area contributed by atoms with Gasteiger partial charge in [0.15, 0.2) is 5.96 Å². The molecule has 1 N–H and O–H groups in total. The van der Waals surface area contributed by atoms with Gasteiger partial charge >= 0.3 is 0 Å². The number of amides is 1. The lowest BCUT2D eigenvalue weighted by Gasteiger charge is -2.39. The predicted molar refractivity (Wildman–Crippen MR) is 101 cm³/mol. The van der Waals surface area contributed by atoms with E-state index in [2.05, 4.69) is 31.9 Å². The van der Waals surface area contributed by atoms with Gasteiger partial charge in [0.1, 0.15) is 0 Å². The summed E-state index contributed by atoms with van der Waals surface area (Å²) in [6.07, 6.45) is 3.66. The fourth-order valence-corrected chi connectivity index (χ4v) is 3.94. The topological polar surface area (TPSA) is 54.4 Å². The summed E-state index contributed by atoms with van der Waals surface area (Å²) < 4.78 is 0. The molecule has 1 atom stereocenters. The molecule has 3 aliphatic rings. The number of nitrogens with zero attached hydrogens (tertiary/aromatic N) is 5. The first kappa shape index (κ1) is 18.5. The molecule has 0 aromatic carbocycles. The van der Waals surface area contributed by atoms with E-state index in [0.29, 0.717) is 5.91 Å². The first-order chi connectivity index (χ1) is 12.2. The van der Waals surface area contributed by atoms with Gasteiger partial charge in [0, 0.05) is 59.4 Å². The van der Waals surface area contributed by atoms with Crippen molar-refractivity contribution in [1.82, 2.24) is 24.9 Å². The first-order valence-corrected chi connectivity index (χ1v) is 9.90. The van der Waals surface area contributed by atoms with Gasteiger partial charge in [0.05, 0.1) is 6.04 Å². The largest absolute Gasteiger partial charge is 0.355 e. The molecule has 0 bridgehead atoms. The number of aliphatic imine (C=N–C) groups is 1. The Morgan fingerprint density at radius 2 is 1.64 bits per heavy atom. The third-order valence-corrected chi connectivity index (χ3v) is 5.81. The monoisotopic (exact) mass is 350 g/mol. The van der Waals surface area contributed by atoms with Crippen LogP contribution in [0.25, 0.3) is 0 Å². The van der Waals surface area contributed by atoms with Crippen molar-refractivity contribution >= 4 is 11.9 Å². The zero-order valence-corrected chi connectivity index (χ0v) is 15.9.